The molecule has 33 heavy (non-hydrogen) atoms. The van der Waals surface area contributed by atoms with Gasteiger partial charge in [0, 0.05) is 17.1 Å². The van der Waals surface area contributed by atoms with Gasteiger partial charge in [-0.05, 0) is 70.2 Å². The van der Waals surface area contributed by atoms with E-state index in [1.807, 2.05) is 0 Å². The van der Waals surface area contributed by atoms with Crippen molar-refractivity contribution in [1.29, 1.82) is 0 Å². The van der Waals surface area contributed by atoms with Crippen LogP contribution in [0.25, 0.3) is 0 Å². The fourth-order valence-corrected chi connectivity index (χ4v) is 6.29. The summed E-state index contributed by atoms with van der Waals surface area (Å²) in [5.74, 6) is 0.189. The molecular weight excluding hydrogens is 438 g/mol. The molecule has 0 heterocycles. The molecule has 1 atom stereocenters. The molecule has 1 aromatic carbocycles. The lowest BCUT2D eigenvalue weighted by Gasteiger charge is -2.27. The molecule has 3 rings (SSSR count). The fraction of sp³-hybridized carbons (Fsp3) is 0.680. The van der Waals surface area contributed by atoms with Gasteiger partial charge in [-0.3, -0.25) is 9.59 Å². The Hall–Kier alpha value is -1.93. The molecule has 0 saturated heterocycles. The second-order valence-electron chi connectivity index (χ2n) is 10.7. The van der Waals surface area contributed by atoms with Gasteiger partial charge in [0.2, 0.25) is 21.8 Å². The van der Waals surface area contributed by atoms with E-state index in [0.717, 1.165) is 38.5 Å². The summed E-state index contributed by atoms with van der Waals surface area (Å²) < 4.78 is 27.6. The van der Waals surface area contributed by atoms with E-state index in [4.69, 9.17) is 0 Å². The molecule has 0 spiro atoms. The third-order valence-electron chi connectivity index (χ3n) is 6.53. The average molecular weight is 478 g/mol. The minimum atomic E-state index is -3.64. The van der Waals surface area contributed by atoms with Crippen molar-refractivity contribution in [2.75, 3.05) is 5.32 Å². The third kappa shape index (κ3) is 7.81. The van der Waals surface area contributed by atoms with Crippen LogP contribution in [0.15, 0.2) is 29.2 Å². The van der Waals surface area contributed by atoms with Crippen LogP contribution in [0.5, 0.6) is 0 Å². The molecule has 184 valence electrons. The minimum absolute atomic E-state index is 0.00598. The smallest absolute Gasteiger partial charge is 0.246 e. The number of anilines is 1. The van der Waals surface area contributed by atoms with Gasteiger partial charge in [-0.15, -0.1) is 0 Å². The molecule has 0 unspecified atom stereocenters. The summed E-state index contributed by atoms with van der Waals surface area (Å²) >= 11 is 0. The van der Waals surface area contributed by atoms with E-state index in [-0.39, 0.29) is 22.6 Å². The van der Waals surface area contributed by atoms with Crippen molar-refractivity contribution in [2.45, 2.75) is 101 Å². The SMILES string of the molecule is CC(C)(C)NS(=O)(=O)c1ccc(NC(=O)[C@H](CC2CCCCC2)NC(=O)C2CCCC2)cc1. The van der Waals surface area contributed by atoms with Crippen LogP contribution < -0.4 is 15.4 Å². The van der Waals surface area contributed by atoms with E-state index >= 15 is 0 Å². The van der Waals surface area contributed by atoms with Crippen LogP contribution in [-0.2, 0) is 19.6 Å². The molecule has 3 N–H and O–H groups in total. The summed E-state index contributed by atoms with van der Waals surface area (Å²) in [5.41, 5.74) is -0.0752. The predicted molar refractivity (Wildman–Crippen MR) is 130 cm³/mol. The van der Waals surface area contributed by atoms with E-state index in [1.54, 1.807) is 32.9 Å². The van der Waals surface area contributed by atoms with Crippen LogP contribution in [0, 0.1) is 11.8 Å². The maximum Gasteiger partial charge on any atom is 0.246 e. The number of sulfonamides is 1. The van der Waals surface area contributed by atoms with Crippen molar-refractivity contribution in [3.05, 3.63) is 24.3 Å². The van der Waals surface area contributed by atoms with E-state index < -0.39 is 21.6 Å². The molecule has 0 aliphatic heterocycles. The maximum absolute atomic E-state index is 13.1. The number of hydrogen-bond acceptors (Lipinski definition) is 4. The van der Waals surface area contributed by atoms with Crippen molar-refractivity contribution in [2.24, 2.45) is 11.8 Å². The molecule has 0 aromatic heterocycles. The number of amides is 2. The van der Waals surface area contributed by atoms with Gasteiger partial charge in [-0.2, -0.15) is 0 Å². The number of rotatable bonds is 8. The zero-order valence-electron chi connectivity index (χ0n) is 20.2. The van der Waals surface area contributed by atoms with Crippen LogP contribution in [-0.4, -0.2) is 31.8 Å². The Labute approximate surface area is 198 Å². The summed E-state index contributed by atoms with van der Waals surface area (Å²) in [7, 11) is -3.64. The first-order chi connectivity index (χ1) is 15.5. The third-order valence-corrected chi connectivity index (χ3v) is 8.30. The van der Waals surface area contributed by atoms with Gasteiger partial charge in [0.15, 0.2) is 0 Å². The van der Waals surface area contributed by atoms with Crippen LogP contribution in [0.1, 0.15) is 85.0 Å². The van der Waals surface area contributed by atoms with E-state index in [0.29, 0.717) is 18.0 Å². The Kier molecular flexibility index (Phi) is 8.56. The van der Waals surface area contributed by atoms with Crippen molar-refractivity contribution in [1.82, 2.24) is 10.0 Å². The van der Waals surface area contributed by atoms with E-state index in [1.165, 1.54) is 31.4 Å². The Morgan fingerprint density at radius 2 is 1.52 bits per heavy atom. The first kappa shape index (κ1) is 25.7. The molecular formula is C25H39N3O4S. The second-order valence-corrected chi connectivity index (χ2v) is 12.3. The van der Waals surface area contributed by atoms with Gasteiger partial charge >= 0.3 is 0 Å². The summed E-state index contributed by atoms with van der Waals surface area (Å²) in [5, 5.41) is 5.92. The highest BCUT2D eigenvalue weighted by atomic mass is 32.2. The molecule has 2 saturated carbocycles. The molecule has 8 heteroatoms. The largest absolute Gasteiger partial charge is 0.344 e. The van der Waals surface area contributed by atoms with Gasteiger partial charge < -0.3 is 10.6 Å². The molecule has 1 aromatic rings. The fourth-order valence-electron chi connectivity index (χ4n) is 4.87. The van der Waals surface area contributed by atoms with Crippen molar-refractivity contribution in [3.8, 4) is 0 Å². The minimum Gasteiger partial charge on any atom is -0.344 e. The summed E-state index contributed by atoms with van der Waals surface area (Å²) in [6.07, 6.45) is 10.3. The molecule has 0 radical (unpaired) electrons. The van der Waals surface area contributed by atoms with Gasteiger partial charge in [0.25, 0.3) is 0 Å². The quantitative estimate of drug-likeness (QED) is 0.518. The topological polar surface area (TPSA) is 104 Å². The number of nitrogens with one attached hydrogen (secondary N) is 3. The average Bonchev–Trinajstić information content (AvgIpc) is 3.28. The predicted octanol–water partition coefficient (Wildman–Crippen LogP) is 4.35. The lowest BCUT2D eigenvalue weighted by molar-refractivity contribution is -0.129. The lowest BCUT2D eigenvalue weighted by Crippen LogP contribution is -2.46. The highest BCUT2D eigenvalue weighted by Crippen LogP contribution is 2.29. The highest BCUT2D eigenvalue weighted by molar-refractivity contribution is 7.89. The molecule has 7 nitrogen and oxygen atoms in total. The summed E-state index contributed by atoms with van der Waals surface area (Å²) in [6, 6.07) is 5.57. The van der Waals surface area contributed by atoms with Crippen molar-refractivity contribution in [3.63, 3.8) is 0 Å². The Bertz CT molecular complexity index is 910. The Morgan fingerprint density at radius 3 is 2.09 bits per heavy atom. The van der Waals surface area contributed by atoms with E-state index in [2.05, 4.69) is 15.4 Å². The lowest BCUT2D eigenvalue weighted by atomic mass is 9.84. The van der Waals surface area contributed by atoms with Gasteiger partial charge in [0.1, 0.15) is 6.04 Å². The number of benzene rings is 1. The molecule has 2 aliphatic rings. The summed E-state index contributed by atoms with van der Waals surface area (Å²) in [6.45, 7) is 5.35. The molecule has 2 aliphatic carbocycles. The van der Waals surface area contributed by atoms with Gasteiger partial charge in [0.05, 0.1) is 4.90 Å². The van der Waals surface area contributed by atoms with Crippen LogP contribution >= 0.6 is 0 Å². The zero-order chi connectivity index (χ0) is 24.1. The Morgan fingerprint density at radius 1 is 0.939 bits per heavy atom. The van der Waals surface area contributed by atoms with Crippen molar-refractivity contribution >= 4 is 27.5 Å². The van der Waals surface area contributed by atoms with E-state index in [9.17, 15) is 18.0 Å². The van der Waals surface area contributed by atoms with Crippen LogP contribution in [0.3, 0.4) is 0 Å². The standard InChI is InChI=1S/C25H39N3O4S/c1-25(2,3)28-33(31,32)21-15-13-20(14-16-21)26-24(30)22(17-18-9-5-4-6-10-18)27-23(29)19-11-7-8-12-19/h13-16,18-19,22,28H,4-12,17H2,1-3H3,(H,26,30)(H,27,29)/t22-/m0/s1. The van der Waals surface area contributed by atoms with Crippen LogP contribution in [0.4, 0.5) is 5.69 Å². The molecule has 2 fully saturated rings. The zero-order valence-corrected chi connectivity index (χ0v) is 21.0. The molecule has 0 bridgehead atoms. The highest BCUT2D eigenvalue weighted by Gasteiger charge is 2.30. The maximum atomic E-state index is 13.1. The first-order valence-electron chi connectivity index (χ1n) is 12.3. The normalized spacial score (nSPS) is 19.2. The second kappa shape index (κ2) is 11.0. The van der Waals surface area contributed by atoms with Gasteiger partial charge in [-0.1, -0.05) is 44.9 Å². The van der Waals surface area contributed by atoms with Gasteiger partial charge in [-0.25, -0.2) is 13.1 Å². The first-order valence-corrected chi connectivity index (χ1v) is 13.8. The Balaban J connectivity index is 1.67. The van der Waals surface area contributed by atoms with Crippen LogP contribution in [0.2, 0.25) is 0 Å². The number of carbonyl (C=O) groups is 2. The summed E-state index contributed by atoms with van der Waals surface area (Å²) in [4.78, 5) is 26.1. The number of hydrogen-bond donors (Lipinski definition) is 3. The molecule has 2 amide bonds. The van der Waals surface area contributed by atoms with Crippen molar-refractivity contribution < 1.29 is 18.0 Å². The monoisotopic (exact) mass is 477 g/mol. The number of carbonyl (C=O) groups excluding carboxylic acids is 2.